The first kappa shape index (κ1) is 16.8. The molecule has 1 aliphatic carbocycles. The van der Waals surface area contributed by atoms with Crippen LogP contribution >= 0.6 is 0 Å². The minimum Gasteiger partial charge on any atom is -0.445 e. The molecule has 1 atom stereocenters. The van der Waals surface area contributed by atoms with Gasteiger partial charge in [0.2, 0.25) is 0 Å². The minimum absolute atomic E-state index is 0.306. The molecule has 0 bridgehead atoms. The lowest BCUT2D eigenvalue weighted by atomic mass is 9.71. The number of hydrogen-bond donors (Lipinski definition) is 1. The molecule has 4 nitrogen and oxygen atoms in total. The Kier molecular flexibility index (Phi) is 3.83. The van der Waals surface area contributed by atoms with Crippen molar-refractivity contribution in [3.05, 3.63) is 71.0 Å². The van der Waals surface area contributed by atoms with Crippen LogP contribution in [-0.4, -0.2) is 17.5 Å². The quantitative estimate of drug-likeness (QED) is 0.860. The molecule has 134 valence electrons. The average Bonchev–Trinajstić information content (AvgIpc) is 2.59. The highest BCUT2D eigenvalue weighted by atomic mass is 19.1. The number of benzene rings is 2. The third-order valence-electron chi connectivity index (χ3n) is 5.52. The topological polar surface area (TPSA) is 55.4 Å². The van der Waals surface area contributed by atoms with Crippen molar-refractivity contribution in [1.29, 1.82) is 0 Å². The number of esters is 1. The molecule has 0 aromatic heterocycles. The van der Waals surface area contributed by atoms with Crippen LogP contribution in [0.5, 0.6) is 0 Å². The van der Waals surface area contributed by atoms with Gasteiger partial charge in [0.25, 0.3) is 5.91 Å². The molecule has 4 rings (SSSR count). The Morgan fingerprint density at radius 1 is 1.12 bits per heavy atom. The zero-order valence-corrected chi connectivity index (χ0v) is 14.5. The van der Waals surface area contributed by atoms with E-state index in [-0.39, 0.29) is 11.7 Å². The molecule has 1 N–H and O–H groups in total. The van der Waals surface area contributed by atoms with Crippen molar-refractivity contribution in [2.24, 2.45) is 0 Å². The van der Waals surface area contributed by atoms with Crippen LogP contribution in [0.3, 0.4) is 0 Å². The van der Waals surface area contributed by atoms with Gasteiger partial charge in [0.05, 0.1) is 11.1 Å². The molecule has 26 heavy (non-hydrogen) atoms. The lowest BCUT2D eigenvalue weighted by molar-refractivity contribution is -0.143. The number of rotatable bonds is 3. The van der Waals surface area contributed by atoms with E-state index >= 15 is 0 Å². The summed E-state index contributed by atoms with van der Waals surface area (Å²) in [5.74, 6) is -1.10. The maximum atomic E-state index is 13.3. The number of amides is 1. The van der Waals surface area contributed by atoms with Crippen molar-refractivity contribution in [1.82, 2.24) is 5.32 Å². The van der Waals surface area contributed by atoms with Gasteiger partial charge in [0, 0.05) is 6.42 Å². The molecule has 1 unspecified atom stereocenters. The maximum Gasteiger partial charge on any atom is 0.339 e. The molecule has 0 saturated heterocycles. The van der Waals surface area contributed by atoms with E-state index in [4.69, 9.17) is 4.74 Å². The van der Waals surface area contributed by atoms with E-state index in [1.165, 1.54) is 12.1 Å². The van der Waals surface area contributed by atoms with E-state index < -0.39 is 17.1 Å². The van der Waals surface area contributed by atoms with E-state index in [1.54, 1.807) is 31.2 Å². The summed E-state index contributed by atoms with van der Waals surface area (Å²) in [6.45, 7) is 1.65. The van der Waals surface area contributed by atoms with Gasteiger partial charge in [-0.25, -0.2) is 9.18 Å². The summed E-state index contributed by atoms with van der Waals surface area (Å²) in [4.78, 5) is 25.4. The fourth-order valence-electron chi connectivity index (χ4n) is 3.79. The highest BCUT2D eigenvalue weighted by Gasteiger charge is 2.48. The molecule has 0 radical (unpaired) electrons. The van der Waals surface area contributed by atoms with Crippen molar-refractivity contribution in [2.75, 3.05) is 0 Å². The smallest absolute Gasteiger partial charge is 0.339 e. The summed E-state index contributed by atoms with van der Waals surface area (Å²) in [7, 11) is 0. The predicted molar refractivity (Wildman–Crippen MR) is 94.0 cm³/mol. The fourth-order valence-corrected chi connectivity index (χ4v) is 3.79. The van der Waals surface area contributed by atoms with Gasteiger partial charge in [-0.05, 0) is 55.5 Å². The minimum atomic E-state index is -1.26. The van der Waals surface area contributed by atoms with Crippen LogP contribution in [0.2, 0.25) is 0 Å². The zero-order chi connectivity index (χ0) is 18.4. The molecule has 0 spiro atoms. The van der Waals surface area contributed by atoms with Crippen LogP contribution in [0.15, 0.2) is 48.5 Å². The van der Waals surface area contributed by atoms with Crippen molar-refractivity contribution >= 4 is 11.9 Å². The first-order valence-electron chi connectivity index (χ1n) is 8.82. The van der Waals surface area contributed by atoms with Gasteiger partial charge in [-0.3, -0.25) is 4.79 Å². The van der Waals surface area contributed by atoms with Gasteiger partial charge in [0.1, 0.15) is 5.82 Å². The van der Waals surface area contributed by atoms with Crippen molar-refractivity contribution in [2.45, 2.75) is 43.7 Å². The van der Waals surface area contributed by atoms with Crippen LogP contribution in [0.25, 0.3) is 0 Å². The van der Waals surface area contributed by atoms with Crippen LogP contribution in [0, 0.1) is 5.82 Å². The van der Waals surface area contributed by atoms with E-state index in [2.05, 4.69) is 5.32 Å². The summed E-state index contributed by atoms with van der Waals surface area (Å²) >= 11 is 0. The summed E-state index contributed by atoms with van der Waals surface area (Å²) in [6.07, 6.45) is 2.88. The standard InChI is InChI=1S/C21H20FNO3/c1-20(13-14-5-2-3-6-17(14)18(24)26-20)19(25)23-21(11-4-12-21)15-7-9-16(22)10-8-15/h2-3,5-10H,4,11-13H2,1H3,(H,23,25). The second kappa shape index (κ2) is 5.94. The maximum absolute atomic E-state index is 13.3. The molecule has 1 saturated carbocycles. The average molecular weight is 353 g/mol. The number of carbonyl (C=O) groups excluding carboxylic acids is 2. The highest BCUT2D eigenvalue weighted by Crippen LogP contribution is 2.42. The normalized spacial score (nSPS) is 23.4. The lowest BCUT2D eigenvalue weighted by Gasteiger charge is -2.45. The second-order valence-electron chi connectivity index (χ2n) is 7.35. The summed E-state index contributed by atoms with van der Waals surface area (Å²) < 4.78 is 18.8. The first-order chi connectivity index (χ1) is 12.4. The van der Waals surface area contributed by atoms with Crippen molar-refractivity contribution in [3.63, 3.8) is 0 Å². The summed E-state index contributed by atoms with van der Waals surface area (Å²) in [6, 6.07) is 13.4. The molecular weight excluding hydrogens is 333 g/mol. The van der Waals surface area contributed by atoms with E-state index in [0.29, 0.717) is 12.0 Å². The van der Waals surface area contributed by atoms with Gasteiger partial charge >= 0.3 is 5.97 Å². The first-order valence-corrected chi connectivity index (χ1v) is 8.82. The number of cyclic esters (lactones) is 1. The lowest BCUT2D eigenvalue weighted by Crippen LogP contribution is -2.59. The van der Waals surface area contributed by atoms with E-state index in [1.807, 2.05) is 12.1 Å². The number of fused-ring (bicyclic) bond motifs is 1. The Morgan fingerprint density at radius 2 is 1.81 bits per heavy atom. The van der Waals surface area contributed by atoms with E-state index in [0.717, 1.165) is 30.4 Å². The Balaban J connectivity index is 1.59. The molecule has 1 heterocycles. The van der Waals surface area contributed by atoms with Gasteiger partial charge in [0.15, 0.2) is 5.60 Å². The number of nitrogens with one attached hydrogen (secondary N) is 1. The zero-order valence-electron chi connectivity index (χ0n) is 14.5. The largest absolute Gasteiger partial charge is 0.445 e. The second-order valence-corrected chi connectivity index (χ2v) is 7.35. The third-order valence-corrected chi connectivity index (χ3v) is 5.52. The van der Waals surface area contributed by atoms with Crippen LogP contribution in [-0.2, 0) is 21.5 Å². The van der Waals surface area contributed by atoms with Crippen molar-refractivity contribution < 1.29 is 18.7 Å². The Labute approximate surface area is 151 Å². The van der Waals surface area contributed by atoms with Crippen LogP contribution in [0.1, 0.15) is 47.7 Å². The number of ether oxygens (including phenoxy) is 1. The fraction of sp³-hybridized carbons (Fsp3) is 0.333. The van der Waals surface area contributed by atoms with Crippen molar-refractivity contribution in [3.8, 4) is 0 Å². The summed E-state index contributed by atoms with van der Waals surface area (Å²) in [5.41, 5.74) is 0.427. The Bertz CT molecular complexity index is 873. The highest BCUT2D eigenvalue weighted by molar-refractivity contribution is 5.97. The summed E-state index contributed by atoms with van der Waals surface area (Å²) in [5, 5.41) is 3.09. The van der Waals surface area contributed by atoms with Crippen LogP contribution < -0.4 is 5.32 Å². The van der Waals surface area contributed by atoms with Gasteiger partial charge in [-0.1, -0.05) is 30.3 Å². The molecule has 1 fully saturated rings. The molecular formula is C21H20FNO3. The molecule has 1 aliphatic heterocycles. The van der Waals surface area contributed by atoms with Gasteiger partial charge < -0.3 is 10.1 Å². The Hall–Kier alpha value is -2.69. The number of hydrogen-bond acceptors (Lipinski definition) is 3. The van der Waals surface area contributed by atoms with E-state index in [9.17, 15) is 14.0 Å². The SMILES string of the molecule is CC1(C(=O)NC2(c3ccc(F)cc3)CCC2)Cc2ccccc2C(=O)O1. The number of halogens is 1. The molecule has 2 aromatic carbocycles. The molecule has 2 aromatic rings. The number of carbonyl (C=O) groups is 2. The predicted octanol–water partition coefficient (Wildman–Crippen LogP) is 3.49. The Morgan fingerprint density at radius 3 is 2.46 bits per heavy atom. The third kappa shape index (κ3) is 2.68. The van der Waals surface area contributed by atoms with Crippen LogP contribution in [0.4, 0.5) is 4.39 Å². The monoisotopic (exact) mass is 353 g/mol. The molecule has 1 amide bonds. The molecule has 2 aliphatic rings. The van der Waals surface area contributed by atoms with Gasteiger partial charge in [-0.2, -0.15) is 0 Å². The molecule has 5 heteroatoms. The van der Waals surface area contributed by atoms with Gasteiger partial charge in [-0.15, -0.1) is 0 Å².